The van der Waals surface area contributed by atoms with Crippen LogP contribution >= 0.6 is 23.4 Å². The Morgan fingerprint density at radius 3 is 2.46 bits per heavy atom. The zero-order chi connectivity index (χ0) is 20.1. The van der Waals surface area contributed by atoms with Crippen LogP contribution in [0.25, 0.3) is 6.08 Å². The van der Waals surface area contributed by atoms with E-state index < -0.39 is 5.97 Å². The molecule has 0 spiro atoms. The lowest BCUT2D eigenvalue weighted by molar-refractivity contribution is -0.138. The fraction of sp³-hybridized carbons (Fsp3) is 0.143. The van der Waals surface area contributed by atoms with Crippen molar-refractivity contribution in [3.63, 3.8) is 0 Å². The summed E-state index contributed by atoms with van der Waals surface area (Å²) in [4.78, 5) is 17.4. The maximum atomic E-state index is 12.4. The van der Waals surface area contributed by atoms with Crippen LogP contribution in [0.5, 0.6) is 5.75 Å². The Morgan fingerprint density at radius 1 is 1.18 bits per heavy atom. The summed E-state index contributed by atoms with van der Waals surface area (Å²) < 4.78 is 10.2. The van der Waals surface area contributed by atoms with Crippen molar-refractivity contribution in [1.82, 2.24) is 0 Å². The summed E-state index contributed by atoms with van der Waals surface area (Å²) in [7, 11) is 1.60. The normalized spacial score (nSPS) is 16.7. The third-order valence-electron chi connectivity index (χ3n) is 3.84. The van der Waals surface area contributed by atoms with Crippen LogP contribution in [0.3, 0.4) is 0 Å². The van der Waals surface area contributed by atoms with Crippen molar-refractivity contribution < 1.29 is 19.4 Å². The molecule has 144 valence electrons. The van der Waals surface area contributed by atoms with Gasteiger partial charge in [-0.3, -0.25) is 0 Å². The van der Waals surface area contributed by atoms with E-state index in [0.29, 0.717) is 20.7 Å². The molecule has 7 heteroatoms. The van der Waals surface area contributed by atoms with Gasteiger partial charge in [0.15, 0.2) is 0 Å². The van der Waals surface area contributed by atoms with Crippen LogP contribution in [0.4, 0.5) is 5.69 Å². The first-order valence-corrected chi connectivity index (χ1v) is 9.70. The van der Waals surface area contributed by atoms with E-state index in [4.69, 9.17) is 21.1 Å². The first-order valence-electron chi connectivity index (χ1n) is 8.50. The molecule has 1 heterocycles. The predicted octanol–water partition coefficient (Wildman–Crippen LogP) is 5.54. The predicted molar refractivity (Wildman–Crippen MR) is 113 cm³/mol. The maximum absolute atomic E-state index is 12.4. The van der Waals surface area contributed by atoms with Crippen molar-refractivity contribution in [3.05, 3.63) is 75.4 Å². The topological polar surface area (TPSA) is 68.1 Å². The molecule has 0 unspecified atom stereocenters. The number of aliphatic hydroxyl groups excluding tert-OH is 1. The highest BCUT2D eigenvalue weighted by Crippen LogP contribution is 2.40. The molecule has 2 aromatic carbocycles. The van der Waals surface area contributed by atoms with Gasteiger partial charge in [-0.2, -0.15) is 0 Å². The van der Waals surface area contributed by atoms with Crippen molar-refractivity contribution in [1.29, 1.82) is 0 Å². The molecule has 0 saturated heterocycles. The molecule has 0 aromatic heterocycles. The van der Waals surface area contributed by atoms with Gasteiger partial charge in [0.25, 0.3) is 0 Å². The minimum atomic E-state index is -0.613. The average Bonchev–Trinajstić information content (AvgIpc) is 2.99. The van der Waals surface area contributed by atoms with Crippen LogP contribution < -0.4 is 4.74 Å². The lowest BCUT2D eigenvalue weighted by atomic mass is 10.1. The van der Waals surface area contributed by atoms with Crippen molar-refractivity contribution in [3.8, 4) is 5.75 Å². The number of ether oxygens (including phenoxy) is 2. The number of carbonyl (C=O) groups is 1. The van der Waals surface area contributed by atoms with E-state index in [0.717, 1.165) is 11.3 Å². The van der Waals surface area contributed by atoms with Crippen molar-refractivity contribution in [2.75, 3.05) is 13.7 Å². The number of aliphatic hydroxyl groups is 1. The monoisotopic (exact) mass is 415 g/mol. The maximum Gasteiger partial charge on any atom is 0.344 e. The Bertz CT molecular complexity index is 963. The number of aliphatic imine (C=N–C) groups is 1. The number of benzene rings is 2. The van der Waals surface area contributed by atoms with Crippen LogP contribution in [-0.4, -0.2) is 29.8 Å². The number of hydrogen-bond donors (Lipinski definition) is 1. The molecule has 0 atom stereocenters. The molecule has 1 N–H and O–H groups in total. The van der Waals surface area contributed by atoms with Crippen LogP contribution in [0.1, 0.15) is 12.5 Å². The number of carbonyl (C=O) groups excluding carboxylic acids is 1. The van der Waals surface area contributed by atoms with Gasteiger partial charge in [-0.25, -0.2) is 9.79 Å². The highest BCUT2D eigenvalue weighted by molar-refractivity contribution is 8.18. The molecule has 0 radical (unpaired) electrons. The number of hydrogen-bond acceptors (Lipinski definition) is 6. The molecular weight excluding hydrogens is 398 g/mol. The van der Waals surface area contributed by atoms with E-state index in [1.165, 1.54) is 11.8 Å². The highest BCUT2D eigenvalue weighted by atomic mass is 35.5. The molecule has 5 nitrogen and oxygen atoms in total. The number of rotatable bonds is 5. The fourth-order valence-corrected chi connectivity index (χ4v) is 3.64. The second-order valence-corrected chi connectivity index (χ2v) is 7.19. The van der Waals surface area contributed by atoms with Gasteiger partial charge in [0.2, 0.25) is 0 Å². The lowest BCUT2D eigenvalue weighted by Crippen LogP contribution is -2.12. The van der Waals surface area contributed by atoms with E-state index in [1.807, 2.05) is 24.3 Å². The van der Waals surface area contributed by atoms with Crippen LogP contribution in [0.15, 0.2) is 69.8 Å². The van der Waals surface area contributed by atoms with Gasteiger partial charge >= 0.3 is 5.97 Å². The molecule has 0 saturated carbocycles. The fourth-order valence-electron chi connectivity index (χ4n) is 2.48. The largest absolute Gasteiger partial charge is 0.506 e. The number of thioether (sulfide) groups is 1. The van der Waals surface area contributed by atoms with Crippen LogP contribution in [-0.2, 0) is 9.53 Å². The average molecular weight is 416 g/mol. The Balaban J connectivity index is 2.00. The van der Waals surface area contributed by atoms with Gasteiger partial charge in [0.1, 0.15) is 22.1 Å². The second kappa shape index (κ2) is 8.99. The van der Waals surface area contributed by atoms with E-state index >= 15 is 0 Å². The zero-order valence-electron chi connectivity index (χ0n) is 15.3. The van der Waals surface area contributed by atoms with Crippen LogP contribution in [0.2, 0.25) is 5.02 Å². The third-order valence-corrected chi connectivity index (χ3v) is 5.11. The van der Waals surface area contributed by atoms with Crippen molar-refractivity contribution in [2.24, 2.45) is 4.99 Å². The smallest absolute Gasteiger partial charge is 0.344 e. The van der Waals surface area contributed by atoms with Crippen LogP contribution in [0, 0.1) is 0 Å². The van der Waals surface area contributed by atoms with Gasteiger partial charge in [-0.05, 0) is 55.0 Å². The standard InChI is InChI=1S/C21H18ClNO4S/c1-3-27-21(25)18-19(24)17(12-13-4-10-16(26-2)11-5-13)28-20(18)23-15-8-6-14(22)7-9-15/h4-12,24H,3H2,1-2H3/b17-12-,23-20?. The minimum absolute atomic E-state index is 0.0570. The molecule has 28 heavy (non-hydrogen) atoms. The Morgan fingerprint density at radius 2 is 1.86 bits per heavy atom. The lowest BCUT2D eigenvalue weighted by Gasteiger charge is -2.03. The first-order chi connectivity index (χ1) is 13.5. The molecule has 1 aliphatic heterocycles. The number of nitrogens with zero attached hydrogens (tertiary/aromatic N) is 1. The van der Waals surface area contributed by atoms with E-state index in [1.54, 1.807) is 44.4 Å². The first kappa shape index (κ1) is 20.0. The molecule has 0 fully saturated rings. The van der Waals surface area contributed by atoms with Gasteiger partial charge in [-0.1, -0.05) is 35.5 Å². The summed E-state index contributed by atoms with van der Waals surface area (Å²) in [5, 5.41) is 11.6. The zero-order valence-corrected chi connectivity index (χ0v) is 16.9. The van der Waals surface area contributed by atoms with Gasteiger partial charge in [0, 0.05) is 5.02 Å². The third kappa shape index (κ3) is 4.58. The summed E-state index contributed by atoms with van der Waals surface area (Å²) in [6.07, 6.45) is 1.78. The summed E-state index contributed by atoms with van der Waals surface area (Å²) in [5.74, 6) is -0.0245. The molecule has 2 aromatic rings. The van der Waals surface area contributed by atoms with E-state index in [2.05, 4.69) is 4.99 Å². The summed E-state index contributed by atoms with van der Waals surface area (Å²) in [6, 6.07) is 14.3. The summed E-state index contributed by atoms with van der Waals surface area (Å²) in [5.41, 5.74) is 1.53. The van der Waals surface area contributed by atoms with E-state index in [-0.39, 0.29) is 17.9 Å². The molecular formula is C21H18ClNO4S. The Labute approximate surface area is 172 Å². The quantitative estimate of drug-likeness (QED) is 0.649. The minimum Gasteiger partial charge on any atom is -0.506 e. The number of methoxy groups -OCH3 is 1. The molecule has 3 rings (SSSR count). The van der Waals surface area contributed by atoms with Crippen molar-refractivity contribution in [2.45, 2.75) is 6.92 Å². The number of halogens is 1. The van der Waals surface area contributed by atoms with Gasteiger partial charge in [-0.15, -0.1) is 0 Å². The number of esters is 1. The molecule has 1 aliphatic rings. The molecule has 0 bridgehead atoms. The molecule has 0 amide bonds. The van der Waals surface area contributed by atoms with E-state index in [9.17, 15) is 9.90 Å². The highest BCUT2D eigenvalue weighted by Gasteiger charge is 2.33. The Kier molecular flexibility index (Phi) is 6.44. The summed E-state index contributed by atoms with van der Waals surface area (Å²) in [6.45, 7) is 1.91. The second-order valence-electron chi connectivity index (χ2n) is 5.72. The van der Waals surface area contributed by atoms with Crippen molar-refractivity contribution >= 4 is 46.1 Å². The Hall–Kier alpha value is -2.70. The molecule has 0 aliphatic carbocycles. The van der Waals surface area contributed by atoms with Gasteiger partial charge in [0.05, 0.1) is 24.3 Å². The summed E-state index contributed by atoms with van der Waals surface area (Å²) >= 11 is 7.12. The van der Waals surface area contributed by atoms with Gasteiger partial charge < -0.3 is 14.6 Å². The SMILES string of the molecule is CCOC(=O)C1=C(O)/C(=C/c2ccc(OC)cc2)SC1=Nc1ccc(Cl)cc1.